The highest BCUT2D eigenvalue weighted by atomic mass is 32.2. The van der Waals surface area contributed by atoms with Gasteiger partial charge in [-0.2, -0.15) is 0 Å². The molecule has 3 rings (SSSR count). The summed E-state index contributed by atoms with van der Waals surface area (Å²) in [4.78, 5) is 19.6. The van der Waals surface area contributed by atoms with Crippen LogP contribution in [-0.2, 0) is 11.3 Å². The number of aromatic nitrogens is 5. The van der Waals surface area contributed by atoms with Crippen LogP contribution >= 0.6 is 11.8 Å². The molecule has 0 saturated heterocycles. The fourth-order valence-electron chi connectivity index (χ4n) is 2.02. The fourth-order valence-corrected chi connectivity index (χ4v) is 2.75. The van der Waals surface area contributed by atoms with Gasteiger partial charge in [0, 0.05) is 0 Å². The number of carbonyl (C=O) groups excluding carboxylic acids is 1. The van der Waals surface area contributed by atoms with E-state index >= 15 is 0 Å². The lowest BCUT2D eigenvalue weighted by Crippen LogP contribution is -2.03. The first-order chi connectivity index (χ1) is 10.6. The molecule has 0 bridgehead atoms. The normalized spacial score (nSPS) is 11.0. The second kappa shape index (κ2) is 6.23. The number of hydrogen-bond donors (Lipinski definition) is 0. The van der Waals surface area contributed by atoms with Gasteiger partial charge >= 0.3 is 0 Å². The van der Waals surface area contributed by atoms with Gasteiger partial charge in [0.2, 0.25) is 0 Å². The molecule has 0 amide bonds. The Hall–Kier alpha value is -2.28. The summed E-state index contributed by atoms with van der Waals surface area (Å²) in [7, 11) is 0. The molecule has 3 aromatic rings. The average Bonchev–Trinajstić information content (AvgIpc) is 2.91. The van der Waals surface area contributed by atoms with Crippen LogP contribution in [0.15, 0.2) is 35.6 Å². The number of Topliss-reactive ketones (excluding diaryl/α,β-unsaturated/α-hetero) is 1. The van der Waals surface area contributed by atoms with E-state index in [2.05, 4.69) is 51.5 Å². The Kier molecular flexibility index (Phi) is 4.15. The summed E-state index contributed by atoms with van der Waals surface area (Å²) < 4.78 is 1.75. The molecule has 2 aromatic heterocycles. The van der Waals surface area contributed by atoms with E-state index in [1.165, 1.54) is 23.7 Å². The lowest BCUT2D eigenvalue weighted by molar-refractivity contribution is -0.114. The third kappa shape index (κ3) is 3.14. The monoisotopic (exact) mass is 313 g/mol. The van der Waals surface area contributed by atoms with Crippen LogP contribution in [0.4, 0.5) is 0 Å². The van der Waals surface area contributed by atoms with Crippen LogP contribution in [0, 0.1) is 6.92 Å². The second-order valence-corrected chi connectivity index (χ2v) is 6.04. The summed E-state index contributed by atoms with van der Waals surface area (Å²) in [5.41, 5.74) is 3.67. The molecular formula is C15H15N5OS. The molecule has 2 heterocycles. The predicted molar refractivity (Wildman–Crippen MR) is 84.8 cm³/mol. The minimum Gasteiger partial charge on any atom is -0.299 e. The topological polar surface area (TPSA) is 73.6 Å². The molecule has 0 saturated carbocycles. The quantitative estimate of drug-likeness (QED) is 0.531. The Labute approximate surface area is 132 Å². The van der Waals surface area contributed by atoms with Crippen LogP contribution in [0.1, 0.15) is 18.1 Å². The number of fused-ring (bicyclic) bond motifs is 1. The molecule has 7 heteroatoms. The third-order valence-corrected chi connectivity index (χ3v) is 4.25. The summed E-state index contributed by atoms with van der Waals surface area (Å²) in [6.45, 7) is 4.21. The van der Waals surface area contributed by atoms with Crippen molar-refractivity contribution < 1.29 is 4.79 Å². The molecule has 0 fully saturated rings. The Balaban J connectivity index is 1.90. The van der Waals surface area contributed by atoms with Crippen molar-refractivity contribution in [3.05, 3.63) is 41.7 Å². The Morgan fingerprint density at radius 3 is 2.73 bits per heavy atom. The average molecular weight is 313 g/mol. The van der Waals surface area contributed by atoms with Crippen molar-refractivity contribution >= 4 is 28.7 Å². The molecule has 1 aromatic carbocycles. The lowest BCUT2D eigenvalue weighted by atomic mass is 10.1. The second-order valence-electron chi connectivity index (χ2n) is 5.07. The largest absolute Gasteiger partial charge is 0.299 e. The maximum Gasteiger partial charge on any atom is 0.183 e. The first-order valence-corrected chi connectivity index (χ1v) is 7.84. The van der Waals surface area contributed by atoms with E-state index in [0.29, 0.717) is 28.5 Å². The molecule has 0 unspecified atom stereocenters. The highest BCUT2D eigenvalue weighted by molar-refractivity contribution is 8.00. The standard InChI is InChI=1S/C15H15N5OS/c1-10-3-5-12(6-4-10)7-20-14-13(18-19-20)15(17-9-16-14)22-8-11(2)21/h3-6,9H,7-8H2,1-2H3. The molecule has 0 N–H and O–H groups in total. The SMILES string of the molecule is CC(=O)CSc1ncnc2c1nnn2Cc1ccc(C)cc1. The molecule has 0 aliphatic rings. The van der Waals surface area contributed by atoms with Gasteiger partial charge in [0.05, 0.1) is 12.3 Å². The van der Waals surface area contributed by atoms with Gasteiger partial charge in [-0.25, -0.2) is 14.6 Å². The van der Waals surface area contributed by atoms with Gasteiger partial charge in [0.15, 0.2) is 11.2 Å². The van der Waals surface area contributed by atoms with Crippen LogP contribution in [0.2, 0.25) is 0 Å². The van der Waals surface area contributed by atoms with Gasteiger partial charge in [0.1, 0.15) is 17.1 Å². The van der Waals surface area contributed by atoms with Crippen molar-refractivity contribution in [1.82, 2.24) is 25.0 Å². The minimum absolute atomic E-state index is 0.101. The molecule has 22 heavy (non-hydrogen) atoms. The highest BCUT2D eigenvalue weighted by Crippen LogP contribution is 2.22. The van der Waals surface area contributed by atoms with E-state index in [1.807, 2.05) is 0 Å². The summed E-state index contributed by atoms with van der Waals surface area (Å²) in [6, 6.07) is 8.26. The summed E-state index contributed by atoms with van der Waals surface area (Å²) in [5.74, 6) is 0.473. The number of ketones is 1. The number of aryl methyl sites for hydroxylation is 1. The maximum atomic E-state index is 11.1. The molecule has 0 atom stereocenters. The number of benzene rings is 1. The molecular weight excluding hydrogens is 298 g/mol. The van der Waals surface area contributed by atoms with Crippen LogP contribution in [0.5, 0.6) is 0 Å². The Bertz CT molecular complexity index is 812. The van der Waals surface area contributed by atoms with Gasteiger partial charge < -0.3 is 0 Å². The molecule has 0 spiro atoms. The Morgan fingerprint density at radius 1 is 1.23 bits per heavy atom. The zero-order valence-corrected chi connectivity index (χ0v) is 13.2. The summed E-state index contributed by atoms with van der Waals surface area (Å²) >= 11 is 1.36. The van der Waals surface area contributed by atoms with E-state index < -0.39 is 0 Å². The van der Waals surface area contributed by atoms with Crippen molar-refractivity contribution in [2.45, 2.75) is 25.4 Å². The zero-order chi connectivity index (χ0) is 15.5. The zero-order valence-electron chi connectivity index (χ0n) is 12.4. The van der Waals surface area contributed by atoms with Crippen molar-refractivity contribution in [3.63, 3.8) is 0 Å². The summed E-state index contributed by atoms with van der Waals surface area (Å²) in [6.07, 6.45) is 1.49. The molecule has 0 aliphatic carbocycles. The van der Waals surface area contributed by atoms with E-state index in [9.17, 15) is 4.79 Å². The van der Waals surface area contributed by atoms with Gasteiger partial charge in [-0.05, 0) is 19.4 Å². The van der Waals surface area contributed by atoms with Crippen LogP contribution in [0.25, 0.3) is 11.2 Å². The van der Waals surface area contributed by atoms with Crippen molar-refractivity contribution in [1.29, 1.82) is 0 Å². The van der Waals surface area contributed by atoms with Gasteiger partial charge in [-0.3, -0.25) is 4.79 Å². The smallest absolute Gasteiger partial charge is 0.183 e. The number of nitrogens with zero attached hydrogens (tertiary/aromatic N) is 5. The van der Waals surface area contributed by atoms with E-state index in [1.54, 1.807) is 11.6 Å². The first-order valence-electron chi connectivity index (χ1n) is 6.85. The number of carbonyl (C=O) groups is 1. The Morgan fingerprint density at radius 2 is 2.00 bits per heavy atom. The van der Waals surface area contributed by atoms with Gasteiger partial charge in [-0.1, -0.05) is 46.8 Å². The third-order valence-electron chi connectivity index (χ3n) is 3.13. The molecule has 0 aliphatic heterocycles. The molecule has 6 nitrogen and oxygen atoms in total. The molecule has 0 radical (unpaired) electrons. The number of hydrogen-bond acceptors (Lipinski definition) is 6. The fraction of sp³-hybridized carbons (Fsp3) is 0.267. The van der Waals surface area contributed by atoms with Gasteiger partial charge in [-0.15, -0.1) is 5.10 Å². The number of rotatable bonds is 5. The predicted octanol–water partition coefficient (Wildman–Crippen LogP) is 2.26. The summed E-state index contributed by atoms with van der Waals surface area (Å²) in [5, 5.41) is 9.02. The van der Waals surface area contributed by atoms with E-state index in [-0.39, 0.29) is 5.78 Å². The van der Waals surface area contributed by atoms with Gasteiger partial charge in [0.25, 0.3) is 0 Å². The minimum atomic E-state index is 0.101. The molecule has 112 valence electrons. The number of thioether (sulfide) groups is 1. The van der Waals surface area contributed by atoms with Crippen LogP contribution in [-0.4, -0.2) is 36.5 Å². The van der Waals surface area contributed by atoms with Crippen LogP contribution in [0.3, 0.4) is 0 Å². The maximum absolute atomic E-state index is 11.1. The first kappa shape index (κ1) is 14.6. The van der Waals surface area contributed by atoms with Crippen molar-refractivity contribution in [2.24, 2.45) is 0 Å². The van der Waals surface area contributed by atoms with Crippen LogP contribution < -0.4 is 0 Å². The highest BCUT2D eigenvalue weighted by Gasteiger charge is 2.12. The van der Waals surface area contributed by atoms with Crippen molar-refractivity contribution in [3.8, 4) is 0 Å². The van der Waals surface area contributed by atoms with E-state index in [0.717, 1.165) is 5.56 Å². The van der Waals surface area contributed by atoms with E-state index in [4.69, 9.17) is 0 Å². The lowest BCUT2D eigenvalue weighted by Gasteiger charge is -2.03. The van der Waals surface area contributed by atoms with Crippen molar-refractivity contribution in [2.75, 3.05) is 5.75 Å².